The zero-order valence-electron chi connectivity index (χ0n) is 14.1. The molecule has 0 atom stereocenters. The van der Waals surface area contributed by atoms with Gasteiger partial charge in [0.2, 0.25) is 0 Å². The third kappa shape index (κ3) is 3.98. The Labute approximate surface area is 173 Å². The van der Waals surface area contributed by atoms with Crippen LogP contribution in [-0.2, 0) is 5.75 Å². The van der Waals surface area contributed by atoms with Crippen molar-refractivity contribution in [3.8, 4) is 5.69 Å². The quantitative estimate of drug-likeness (QED) is 0.338. The highest BCUT2D eigenvalue weighted by Gasteiger charge is 2.09. The molecule has 0 unspecified atom stereocenters. The minimum Gasteiger partial charge on any atom is -0.269 e. The minimum atomic E-state index is -0.0880. The maximum absolute atomic E-state index is 12.3. The molecule has 3 aromatic heterocycles. The molecular formula is C18H13ClN4OS3. The summed E-state index contributed by atoms with van der Waals surface area (Å²) in [7, 11) is 0. The Bertz CT molecular complexity index is 1240. The molecule has 0 aliphatic rings. The molecule has 0 N–H and O–H groups in total. The van der Waals surface area contributed by atoms with Gasteiger partial charge in [-0.25, -0.2) is 9.67 Å². The second-order valence-corrected chi connectivity index (χ2v) is 9.11. The van der Waals surface area contributed by atoms with Gasteiger partial charge in [0.15, 0.2) is 8.29 Å². The van der Waals surface area contributed by atoms with Gasteiger partial charge >= 0.3 is 0 Å². The molecule has 0 aliphatic heterocycles. The van der Waals surface area contributed by atoms with E-state index in [4.69, 9.17) is 23.8 Å². The summed E-state index contributed by atoms with van der Waals surface area (Å²) < 4.78 is 4.73. The van der Waals surface area contributed by atoms with Gasteiger partial charge in [-0.3, -0.25) is 9.20 Å². The molecule has 27 heavy (non-hydrogen) atoms. The zero-order valence-corrected chi connectivity index (χ0v) is 17.3. The van der Waals surface area contributed by atoms with Crippen LogP contribution in [0.1, 0.15) is 11.3 Å². The molecule has 4 aromatic rings. The number of benzene rings is 1. The molecule has 0 saturated heterocycles. The maximum atomic E-state index is 12.3. The van der Waals surface area contributed by atoms with E-state index in [0.29, 0.717) is 20.4 Å². The zero-order chi connectivity index (χ0) is 19.0. The number of hydrogen-bond acceptors (Lipinski definition) is 6. The Morgan fingerprint density at radius 1 is 1.22 bits per heavy atom. The van der Waals surface area contributed by atoms with Crippen molar-refractivity contribution in [3.05, 3.63) is 79.2 Å². The van der Waals surface area contributed by atoms with Crippen molar-refractivity contribution in [2.75, 3.05) is 0 Å². The number of aromatic nitrogens is 4. The summed E-state index contributed by atoms with van der Waals surface area (Å²) in [6.45, 7) is 1.98. The fourth-order valence-electron chi connectivity index (χ4n) is 2.53. The fourth-order valence-corrected chi connectivity index (χ4v) is 4.91. The lowest BCUT2D eigenvalue weighted by molar-refractivity contribution is 0.829. The molecule has 0 bridgehead atoms. The Balaban J connectivity index is 1.58. The van der Waals surface area contributed by atoms with Gasteiger partial charge in [0, 0.05) is 23.0 Å². The van der Waals surface area contributed by atoms with Gasteiger partial charge in [0.1, 0.15) is 5.65 Å². The molecule has 136 valence electrons. The topological polar surface area (TPSA) is 52.2 Å². The van der Waals surface area contributed by atoms with E-state index in [1.807, 2.05) is 31.2 Å². The highest BCUT2D eigenvalue weighted by molar-refractivity contribution is 8.00. The average molecular weight is 433 g/mol. The first-order valence-electron chi connectivity index (χ1n) is 7.97. The van der Waals surface area contributed by atoms with Gasteiger partial charge in [-0.1, -0.05) is 34.7 Å². The van der Waals surface area contributed by atoms with Crippen LogP contribution in [0.25, 0.3) is 11.3 Å². The van der Waals surface area contributed by atoms with Crippen LogP contribution in [0.15, 0.2) is 57.8 Å². The van der Waals surface area contributed by atoms with Crippen molar-refractivity contribution in [1.29, 1.82) is 0 Å². The summed E-state index contributed by atoms with van der Waals surface area (Å²) in [6, 6.07) is 12.7. The molecule has 5 nitrogen and oxygen atoms in total. The molecule has 0 amide bonds. The van der Waals surface area contributed by atoms with Crippen molar-refractivity contribution in [2.24, 2.45) is 0 Å². The number of halogens is 1. The number of nitrogens with zero attached hydrogens (tertiary/aromatic N) is 4. The van der Waals surface area contributed by atoms with Crippen molar-refractivity contribution in [1.82, 2.24) is 19.2 Å². The monoisotopic (exact) mass is 432 g/mol. The summed E-state index contributed by atoms with van der Waals surface area (Å²) in [5.41, 5.74) is 3.21. The largest absolute Gasteiger partial charge is 0.269 e. The Morgan fingerprint density at radius 3 is 2.78 bits per heavy atom. The van der Waals surface area contributed by atoms with Crippen LogP contribution < -0.4 is 5.56 Å². The van der Waals surface area contributed by atoms with Gasteiger partial charge in [0.05, 0.1) is 11.4 Å². The predicted molar refractivity (Wildman–Crippen MR) is 113 cm³/mol. The van der Waals surface area contributed by atoms with Crippen LogP contribution in [-0.4, -0.2) is 19.2 Å². The third-order valence-corrected chi connectivity index (χ3v) is 6.47. The summed E-state index contributed by atoms with van der Waals surface area (Å²) >= 11 is 14.3. The average Bonchev–Trinajstić information content (AvgIpc) is 3.01. The lowest BCUT2D eigenvalue weighted by atomic mass is 10.3. The Morgan fingerprint density at radius 2 is 2.00 bits per heavy atom. The number of thioether (sulfide) groups is 1. The van der Waals surface area contributed by atoms with Crippen molar-refractivity contribution in [3.63, 3.8) is 0 Å². The molecular weight excluding hydrogens is 420 g/mol. The normalized spacial score (nSPS) is 11.2. The van der Waals surface area contributed by atoms with Crippen LogP contribution in [0, 0.1) is 10.9 Å². The molecule has 0 saturated carbocycles. The smallest absolute Gasteiger partial charge is 0.258 e. The lowest BCUT2D eigenvalue weighted by Gasteiger charge is -2.04. The first-order chi connectivity index (χ1) is 13.0. The van der Waals surface area contributed by atoms with Gasteiger partial charge in [-0.05, 0) is 61.1 Å². The van der Waals surface area contributed by atoms with E-state index in [2.05, 4.69) is 10.1 Å². The molecule has 0 radical (unpaired) electrons. The van der Waals surface area contributed by atoms with E-state index >= 15 is 0 Å². The summed E-state index contributed by atoms with van der Waals surface area (Å²) in [5.74, 6) is 0.544. The highest BCUT2D eigenvalue weighted by Crippen LogP contribution is 2.27. The van der Waals surface area contributed by atoms with E-state index in [0.717, 1.165) is 21.3 Å². The first kappa shape index (κ1) is 18.4. The molecule has 0 aliphatic carbocycles. The summed E-state index contributed by atoms with van der Waals surface area (Å²) in [6.07, 6.45) is 1.75. The second-order valence-electron chi connectivity index (χ2n) is 5.83. The highest BCUT2D eigenvalue weighted by atomic mass is 35.5. The predicted octanol–water partition coefficient (Wildman–Crippen LogP) is 4.93. The molecule has 1 aromatic carbocycles. The van der Waals surface area contributed by atoms with Crippen molar-refractivity contribution >= 4 is 52.6 Å². The number of fused-ring (bicyclic) bond motifs is 1. The van der Waals surface area contributed by atoms with Gasteiger partial charge in [0.25, 0.3) is 5.56 Å². The van der Waals surface area contributed by atoms with Crippen LogP contribution in [0.2, 0.25) is 5.02 Å². The van der Waals surface area contributed by atoms with Crippen LogP contribution in [0.3, 0.4) is 0 Å². The van der Waals surface area contributed by atoms with E-state index in [-0.39, 0.29) is 5.56 Å². The molecule has 9 heteroatoms. The van der Waals surface area contributed by atoms with E-state index < -0.39 is 0 Å². The second kappa shape index (κ2) is 7.55. The SMILES string of the molecule is Cc1ccn2c(=O)cc(CSc3nn(-c4ccc(Cl)cc4)c(=S)s3)nc2c1. The third-order valence-electron chi connectivity index (χ3n) is 3.82. The summed E-state index contributed by atoms with van der Waals surface area (Å²) in [4.78, 5) is 16.8. The van der Waals surface area contributed by atoms with Crippen LogP contribution in [0.4, 0.5) is 0 Å². The molecule has 3 heterocycles. The van der Waals surface area contributed by atoms with Crippen molar-refractivity contribution in [2.45, 2.75) is 17.0 Å². The Kier molecular flexibility index (Phi) is 5.14. The van der Waals surface area contributed by atoms with E-state index in [1.54, 1.807) is 33.5 Å². The molecule has 0 fully saturated rings. The van der Waals surface area contributed by atoms with Crippen molar-refractivity contribution < 1.29 is 0 Å². The first-order valence-corrected chi connectivity index (χ1v) is 10.6. The Hall–Kier alpha value is -2.00. The molecule has 0 spiro atoms. The van der Waals surface area contributed by atoms with Gasteiger partial charge in [-0.2, -0.15) is 0 Å². The number of hydrogen-bond donors (Lipinski definition) is 0. The minimum absolute atomic E-state index is 0.0880. The maximum Gasteiger partial charge on any atom is 0.258 e. The van der Waals surface area contributed by atoms with Gasteiger partial charge in [-0.15, -0.1) is 5.10 Å². The lowest BCUT2D eigenvalue weighted by Crippen LogP contribution is -2.15. The summed E-state index contributed by atoms with van der Waals surface area (Å²) in [5, 5.41) is 5.23. The van der Waals surface area contributed by atoms with Crippen LogP contribution in [0.5, 0.6) is 0 Å². The number of pyridine rings is 1. The van der Waals surface area contributed by atoms with E-state index in [1.165, 1.54) is 23.1 Å². The van der Waals surface area contributed by atoms with Gasteiger partial charge < -0.3 is 0 Å². The number of rotatable bonds is 4. The van der Waals surface area contributed by atoms with Crippen LogP contribution >= 0.6 is 46.9 Å². The van der Waals surface area contributed by atoms with E-state index in [9.17, 15) is 4.79 Å². The standard InChI is InChI=1S/C18H13ClN4OS3/c1-11-6-7-22-15(8-11)20-13(9-16(22)24)10-26-17-21-23(18(25)27-17)14-4-2-12(19)3-5-14/h2-9H,10H2,1H3. The fraction of sp³-hybridized carbons (Fsp3) is 0.111. The number of aryl methyl sites for hydroxylation is 1. The molecule has 4 rings (SSSR count).